The van der Waals surface area contributed by atoms with Crippen LogP contribution in [0.3, 0.4) is 0 Å². The average Bonchev–Trinajstić information content (AvgIpc) is 3.37. The maximum atomic E-state index is 13.2. The van der Waals surface area contributed by atoms with Crippen molar-refractivity contribution < 1.29 is 57.3 Å². The zero-order valence-electron chi connectivity index (χ0n) is 26.8. The number of benzene rings is 2. The average molecular weight is 735 g/mol. The summed E-state index contributed by atoms with van der Waals surface area (Å²) in [6.45, 7) is 6.87. The molecule has 2 aromatic carbocycles. The largest absolute Gasteiger partial charge is 0.467 e. The molecule has 0 bridgehead atoms. The smallest absolute Gasteiger partial charge is 0.337 e. The maximum absolute atomic E-state index is 13.2. The first-order valence-corrected chi connectivity index (χ1v) is 16.6. The minimum Gasteiger partial charge on any atom is -0.467 e. The third kappa shape index (κ3) is 7.58. The van der Waals surface area contributed by atoms with E-state index in [4.69, 9.17) is 77.4 Å². The highest BCUT2D eigenvalue weighted by Gasteiger charge is 2.60. The van der Waals surface area contributed by atoms with E-state index in [1.165, 1.54) is 0 Å². The number of carbonyl (C=O) groups excluding carboxylic acids is 2. The first-order chi connectivity index (χ1) is 22.5. The fourth-order valence-corrected chi connectivity index (χ4v) is 6.53. The highest BCUT2D eigenvalue weighted by atomic mass is 35.6. The fourth-order valence-electron chi connectivity index (χ4n) is 6.36. The zero-order valence-corrected chi connectivity index (χ0v) is 29.1. The molecule has 0 aromatic heterocycles. The van der Waals surface area contributed by atoms with Gasteiger partial charge >= 0.3 is 5.97 Å². The molecule has 0 radical (unpaired) electrons. The Hall–Kier alpha value is -1.85. The summed E-state index contributed by atoms with van der Waals surface area (Å²) in [6.07, 6.45) is -10.3. The van der Waals surface area contributed by atoms with Crippen molar-refractivity contribution in [2.45, 2.75) is 111 Å². The van der Waals surface area contributed by atoms with Gasteiger partial charge in [-0.2, -0.15) is 0 Å². The van der Waals surface area contributed by atoms with Gasteiger partial charge in [-0.1, -0.05) is 71.2 Å². The quantitative estimate of drug-likeness (QED) is 0.318. The number of halogens is 3. The van der Waals surface area contributed by atoms with Gasteiger partial charge in [0.2, 0.25) is 0 Å². The SMILES string of the molecule is COC(=O)[C@H]1O[C@@H](O[C@@H]2[C@@H](NC(=O)C(Cl)(Cl)Cl)[C@H](OCc3ccc4ccccc4c3)O[C@@H]3COC(C)(C)O[C@@H]23)[C@@H]2OC(C)(C)O[C@H]2[C@@H]1O. The predicted molar refractivity (Wildman–Crippen MR) is 170 cm³/mol. The first kappa shape index (κ1) is 36.0. The zero-order chi connectivity index (χ0) is 34.6. The van der Waals surface area contributed by atoms with Crippen molar-refractivity contribution in [1.82, 2.24) is 5.32 Å². The van der Waals surface area contributed by atoms with Gasteiger partial charge in [-0.25, -0.2) is 4.79 Å². The Bertz CT molecular complexity index is 1500. The van der Waals surface area contributed by atoms with E-state index in [0.29, 0.717) is 0 Å². The van der Waals surface area contributed by atoms with Crippen LogP contribution in [0, 0.1) is 0 Å². The summed E-state index contributed by atoms with van der Waals surface area (Å²) >= 11 is 18.0. The second-order valence-electron chi connectivity index (χ2n) is 12.9. The number of esters is 1. The van der Waals surface area contributed by atoms with Crippen LogP contribution in [0.5, 0.6) is 0 Å². The van der Waals surface area contributed by atoms with Crippen molar-refractivity contribution >= 4 is 57.5 Å². The van der Waals surface area contributed by atoms with E-state index >= 15 is 0 Å². The molecule has 1 amide bonds. The van der Waals surface area contributed by atoms with Gasteiger partial charge in [-0.15, -0.1) is 0 Å². The number of carbonyl (C=O) groups is 2. The molecule has 4 aliphatic heterocycles. The van der Waals surface area contributed by atoms with Gasteiger partial charge in [0, 0.05) is 0 Å². The van der Waals surface area contributed by atoms with E-state index < -0.39 is 88.6 Å². The van der Waals surface area contributed by atoms with Crippen LogP contribution in [0.25, 0.3) is 10.8 Å². The molecule has 0 saturated carbocycles. The number of hydrogen-bond acceptors (Lipinski definition) is 12. The topological polar surface area (TPSA) is 149 Å². The Morgan fingerprint density at radius 3 is 2.33 bits per heavy atom. The number of fused-ring (bicyclic) bond motifs is 3. The van der Waals surface area contributed by atoms with Crippen LogP contribution < -0.4 is 5.32 Å². The van der Waals surface area contributed by atoms with E-state index in [9.17, 15) is 14.7 Å². The van der Waals surface area contributed by atoms with Crippen molar-refractivity contribution in [1.29, 1.82) is 0 Å². The van der Waals surface area contributed by atoms with Gasteiger partial charge in [-0.3, -0.25) is 4.79 Å². The number of rotatable bonds is 7. The number of amides is 1. The van der Waals surface area contributed by atoms with Crippen molar-refractivity contribution in [3.05, 3.63) is 48.0 Å². The molecule has 48 heavy (non-hydrogen) atoms. The Kier molecular flexibility index (Phi) is 10.3. The Morgan fingerprint density at radius 2 is 1.62 bits per heavy atom. The van der Waals surface area contributed by atoms with Crippen LogP contribution in [0.15, 0.2) is 42.5 Å². The first-order valence-electron chi connectivity index (χ1n) is 15.4. The molecule has 2 N–H and O–H groups in total. The minimum atomic E-state index is -2.36. The summed E-state index contributed by atoms with van der Waals surface area (Å²) in [5.74, 6) is -4.10. The molecular formula is C32H38Cl3NO12. The molecule has 4 fully saturated rings. The standard InChI is InChI=1S/C32H38Cl3NO12/c1-30(2)42-14-18-21(46-30)22(44-28-25-23(47-31(3,4)48-25)20(37)24(45-28)26(38)40-5)19(36-29(39)32(33,34)35)27(43-18)41-13-15-10-11-16-8-6-7-9-17(16)12-15/h6-12,18-25,27-28,37H,13-14H2,1-5H3,(H,36,39)/t18-,19-,20+,21-,22-,23+,24+,25-,27-,28-/m1/s1. The number of nitrogens with one attached hydrogen (secondary N) is 1. The Balaban J connectivity index is 1.35. The number of hydrogen-bond donors (Lipinski definition) is 2. The van der Waals surface area contributed by atoms with Crippen LogP contribution in [-0.2, 0) is 58.8 Å². The number of ether oxygens (including phenoxy) is 9. The summed E-state index contributed by atoms with van der Waals surface area (Å²) in [7, 11) is 1.16. The number of aliphatic hydroxyl groups is 1. The highest BCUT2D eigenvalue weighted by Crippen LogP contribution is 2.41. The summed E-state index contributed by atoms with van der Waals surface area (Å²) in [6, 6.07) is 12.6. The van der Waals surface area contributed by atoms with Crippen molar-refractivity contribution in [2.24, 2.45) is 0 Å². The monoisotopic (exact) mass is 733 g/mol. The van der Waals surface area contributed by atoms with Gasteiger partial charge in [0.25, 0.3) is 9.70 Å². The van der Waals surface area contributed by atoms with Crippen molar-refractivity contribution in [2.75, 3.05) is 13.7 Å². The molecule has 4 heterocycles. The molecular weight excluding hydrogens is 697 g/mol. The van der Waals surface area contributed by atoms with Crippen molar-refractivity contribution in [3.8, 4) is 0 Å². The molecule has 4 saturated heterocycles. The van der Waals surface area contributed by atoms with Crippen LogP contribution in [0.4, 0.5) is 0 Å². The van der Waals surface area contributed by atoms with Crippen LogP contribution >= 0.6 is 34.8 Å². The summed E-state index contributed by atoms with van der Waals surface area (Å²) in [4.78, 5) is 25.9. The fraction of sp³-hybridized carbons (Fsp3) is 0.625. The maximum Gasteiger partial charge on any atom is 0.337 e. The molecule has 2 aromatic rings. The van der Waals surface area contributed by atoms with E-state index in [2.05, 4.69) is 5.32 Å². The van der Waals surface area contributed by atoms with Crippen LogP contribution in [0.2, 0.25) is 0 Å². The molecule has 16 heteroatoms. The van der Waals surface area contributed by atoms with Crippen LogP contribution in [-0.4, -0.2) is 107 Å². The highest BCUT2D eigenvalue weighted by molar-refractivity contribution is 6.76. The Morgan fingerprint density at radius 1 is 0.938 bits per heavy atom. The third-order valence-corrected chi connectivity index (χ3v) is 9.04. The second-order valence-corrected chi connectivity index (χ2v) is 15.2. The lowest BCUT2D eigenvalue weighted by atomic mass is 9.94. The van der Waals surface area contributed by atoms with Gasteiger partial charge in [0.05, 0.1) is 20.3 Å². The van der Waals surface area contributed by atoms with E-state index in [-0.39, 0.29) is 13.2 Å². The Labute approximate surface area is 292 Å². The lowest BCUT2D eigenvalue weighted by Crippen LogP contribution is -2.71. The van der Waals surface area contributed by atoms with E-state index in [0.717, 1.165) is 23.4 Å². The predicted octanol–water partition coefficient (Wildman–Crippen LogP) is 3.25. The number of alkyl halides is 3. The van der Waals surface area contributed by atoms with E-state index in [1.54, 1.807) is 27.7 Å². The lowest BCUT2D eigenvalue weighted by Gasteiger charge is -2.52. The van der Waals surface area contributed by atoms with Gasteiger partial charge in [0.15, 0.2) is 30.3 Å². The molecule has 4 aliphatic rings. The van der Waals surface area contributed by atoms with Gasteiger partial charge in [-0.05, 0) is 50.1 Å². The molecule has 0 unspecified atom stereocenters. The second kappa shape index (κ2) is 13.7. The summed E-state index contributed by atoms with van der Waals surface area (Å²) in [5, 5.41) is 15.8. The van der Waals surface area contributed by atoms with Crippen LogP contribution in [0.1, 0.15) is 33.3 Å². The third-order valence-electron chi connectivity index (χ3n) is 8.53. The summed E-state index contributed by atoms with van der Waals surface area (Å²) < 4.78 is 52.1. The van der Waals surface area contributed by atoms with Gasteiger partial charge in [0.1, 0.15) is 42.7 Å². The molecule has 10 atom stereocenters. The number of aliphatic hydroxyl groups excluding tert-OH is 1. The molecule has 0 aliphatic carbocycles. The molecule has 13 nitrogen and oxygen atoms in total. The summed E-state index contributed by atoms with van der Waals surface area (Å²) in [5.41, 5.74) is 0.827. The van der Waals surface area contributed by atoms with Crippen molar-refractivity contribution in [3.63, 3.8) is 0 Å². The lowest BCUT2D eigenvalue weighted by molar-refractivity contribution is -0.390. The molecule has 264 valence electrons. The minimum absolute atomic E-state index is 0.0688. The van der Waals surface area contributed by atoms with E-state index in [1.807, 2.05) is 42.5 Å². The molecule has 0 spiro atoms. The normalized spacial score (nSPS) is 35.8. The van der Waals surface area contributed by atoms with Gasteiger partial charge < -0.3 is 53.1 Å². The number of methoxy groups -OCH3 is 1. The molecule has 6 rings (SSSR count).